The largest absolute Gasteiger partial charge is 0.493 e. The van der Waals surface area contributed by atoms with E-state index in [1.54, 1.807) is 13.2 Å². The molecule has 2 saturated heterocycles. The van der Waals surface area contributed by atoms with Gasteiger partial charge in [0.2, 0.25) is 0 Å². The predicted molar refractivity (Wildman–Crippen MR) is 105 cm³/mol. The molecule has 1 aromatic carbocycles. The summed E-state index contributed by atoms with van der Waals surface area (Å²) in [5.74, 6) is 0.658. The van der Waals surface area contributed by atoms with Crippen molar-refractivity contribution < 1.29 is 19.4 Å². The normalized spacial score (nSPS) is 25.4. The summed E-state index contributed by atoms with van der Waals surface area (Å²) >= 11 is 6.46. The van der Waals surface area contributed by atoms with E-state index in [-0.39, 0.29) is 5.92 Å². The van der Waals surface area contributed by atoms with Crippen LogP contribution in [-0.2, 0) is 11.3 Å². The van der Waals surface area contributed by atoms with Crippen molar-refractivity contribution in [3.63, 3.8) is 0 Å². The van der Waals surface area contributed by atoms with E-state index in [2.05, 4.69) is 16.4 Å². The summed E-state index contributed by atoms with van der Waals surface area (Å²) in [6, 6.07) is 3.66. The third-order valence-electron chi connectivity index (χ3n) is 5.59. The third-order valence-corrected chi connectivity index (χ3v) is 5.94. The van der Waals surface area contributed by atoms with Gasteiger partial charge < -0.3 is 14.6 Å². The molecule has 1 N–H and O–H groups in total. The highest BCUT2D eigenvalue weighted by molar-refractivity contribution is 6.31. The van der Waals surface area contributed by atoms with Gasteiger partial charge in [-0.15, -0.1) is 6.58 Å². The first-order valence-corrected chi connectivity index (χ1v) is 9.59. The Bertz CT molecular complexity index is 726. The zero-order chi connectivity index (χ0) is 19.6. The van der Waals surface area contributed by atoms with Crippen molar-refractivity contribution in [3.05, 3.63) is 35.4 Å². The van der Waals surface area contributed by atoms with Gasteiger partial charge in [0.15, 0.2) is 11.5 Å². The second kappa shape index (κ2) is 8.09. The van der Waals surface area contributed by atoms with Crippen LogP contribution in [0.25, 0.3) is 0 Å². The number of carbonyl (C=O) groups is 1. The van der Waals surface area contributed by atoms with E-state index in [1.165, 1.54) is 0 Å². The van der Waals surface area contributed by atoms with Gasteiger partial charge in [0.1, 0.15) is 0 Å². The number of fused-ring (bicyclic) bond motifs is 1. The van der Waals surface area contributed by atoms with Crippen LogP contribution in [0.5, 0.6) is 11.5 Å². The lowest BCUT2D eigenvalue weighted by Crippen LogP contribution is -2.40. The number of carboxylic acids is 1. The molecule has 2 aliphatic heterocycles. The highest BCUT2D eigenvalue weighted by Crippen LogP contribution is 2.44. The number of nitrogens with zero attached hydrogens (tertiary/aromatic N) is 2. The topological polar surface area (TPSA) is 62.2 Å². The summed E-state index contributed by atoms with van der Waals surface area (Å²) in [7, 11) is 1.60. The van der Waals surface area contributed by atoms with Crippen molar-refractivity contribution in [1.29, 1.82) is 0 Å². The van der Waals surface area contributed by atoms with Crippen LogP contribution in [0.15, 0.2) is 24.8 Å². The van der Waals surface area contributed by atoms with Crippen LogP contribution < -0.4 is 9.47 Å². The van der Waals surface area contributed by atoms with Crippen molar-refractivity contribution in [1.82, 2.24) is 9.80 Å². The molecule has 27 heavy (non-hydrogen) atoms. The van der Waals surface area contributed by atoms with Crippen LogP contribution in [0.3, 0.4) is 0 Å². The highest BCUT2D eigenvalue weighted by atomic mass is 35.5. The molecule has 2 heterocycles. The summed E-state index contributed by atoms with van der Waals surface area (Å²) in [6.07, 6.45) is 1.83. The minimum Gasteiger partial charge on any atom is -0.493 e. The molecule has 2 aliphatic rings. The second-order valence-electron chi connectivity index (χ2n) is 7.34. The summed E-state index contributed by atoms with van der Waals surface area (Å²) in [4.78, 5) is 16.5. The number of benzene rings is 1. The first kappa shape index (κ1) is 20.0. The number of carboxylic acid groups (broad SMARTS) is 1. The molecule has 1 aromatic rings. The maximum atomic E-state index is 12.1. The van der Waals surface area contributed by atoms with E-state index < -0.39 is 11.4 Å². The van der Waals surface area contributed by atoms with Crippen LogP contribution in [0.1, 0.15) is 12.5 Å². The lowest BCUT2D eigenvalue weighted by molar-refractivity contribution is -0.148. The number of ether oxygens (including phenoxy) is 2. The summed E-state index contributed by atoms with van der Waals surface area (Å²) < 4.78 is 11.0. The zero-order valence-electron chi connectivity index (χ0n) is 15.9. The van der Waals surface area contributed by atoms with E-state index in [0.29, 0.717) is 42.8 Å². The molecule has 7 heteroatoms. The highest BCUT2D eigenvalue weighted by Gasteiger charge is 2.57. The average Bonchev–Trinajstić information content (AvgIpc) is 3.12. The third kappa shape index (κ3) is 3.79. The Kier molecular flexibility index (Phi) is 5.99. The Morgan fingerprint density at radius 1 is 1.37 bits per heavy atom. The van der Waals surface area contributed by atoms with Gasteiger partial charge in [-0.25, -0.2) is 0 Å². The SMILES string of the molecule is C=CCN1C[C@@H]2CN(Cc3cc(OC)c(OCC)cc3Cl)C[C@]2(C(=O)O)C1. The standard InChI is InChI=1S/C20H27ClN2O4/c1-4-6-22-10-15-11-23(13-20(15,12-22)19(24)25)9-14-7-17(26-3)18(27-5-2)8-16(14)21/h4,7-8,15H,1,5-6,9-13H2,2-3H3,(H,24,25)/t15-,20-/m1/s1. The Balaban J connectivity index is 1.77. The molecule has 0 unspecified atom stereocenters. The Morgan fingerprint density at radius 3 is 2.67 bits per heavy atom. The van der Waals surface area contributed by atoms with Gasteiger partial charge in [0, 0.05) is 56.3 Å². The fourth-order valence-electron chi connectivity index (χ4n) is 4.39. The molecule has 0 radical (unpaired) electrons. The van der Waals surface area contributed by atoms with Gasteiger partial charge >= 0.3 is 5.97 Å². The molecule has 0 aromatic heterocycles. The fraction of sp³-hybridized carbons (Fsp3) is 0.550. The van der Waals surface area contributed by atoms with Crippen LogP contribution in [0, 0.1) is 11.3 Å². The number of aliphatic carboxylic acids is 1. The lowest BCUT2D eigenvalue weighted by atomic mass is 9.81. The Morgan fingerprint density at radius 2 is 2.07 bits per heavy atom. The number of halogens is 1. The van der Waals surface area contributed by atoms with E-state index in [4.69, 9.17) is 21.1 Å². The van der Waals surface area contributed by atoms with Crippen LogP contribution in [-0.4, -0.2) is 67.3 Å². The first-order valence-electron chi connectivity index (χ1n) is 9.21. The second-order valence-corrected chi connectivity index (χ2v) is 7.75. The number of methoxy groups -OCH3 is 1. The minimum atomic E-state index is -0.717. The van der Waals surface area contributed by atoms with Crippen LogP contribution >= 0.6 is 11.6 Å². The smallest absolute Gasteiger partial charge is 0.312 e. The van der Waals surface area contributed by atoms with Crippen molar-refractivity contribution >= 4 is 17.6 Å². The average molecular weight is 395 g/mol. The number of rotatable bonds is 8. The summed E-state index contributed by atoms with van der Waals surface area (Å²) in [6.45, 7) is 10.1. The van der Waals surface area contributed by atoms with Crippen molar-refractivity contribution in [2.75, 3.05) is 46.4 Å². The molecule has 2 atom stereocenters. The summed E-state index contributed by atoms with van der Waals surface area (Å²) in [5.41, 5.74) is 0.200. The molecule has 0 aliphatic carbocycles. The Labute approximate surface area is 165 Å². The van der Waals surface area contributed by atoms with Crippen LogP contribution in [0.4, 0.5) is 0 Å². The quantitative estimate of drug-likeness (QED) is 0.684. The van der Waals surface area contributed by atoms with E-state index in [0.717, 1.165) is 25.2 Å². The zero-order valence-corrected chi connectivity index (χ0v) is 16.7. The minimum absolute atomic E-state index is 0.110. The van der Waals surface area contributed by atoms with Gasteiger partial charge in [-0.2, -0.15) is 0 Å². The predicted octanol–water partition coefficient (Wildman–Crippen LogP) is 2.75. The maximum absolute atomic E-state index is 12.1. The van der Waals surface area contributed by atoms with E-state index >= 15 is 0 Å². The van der Waals surface area contributed by atoms with Crippen LogP contribution in [0.2, 0.25) is 5.02 Å². The van der Waals surface area contributed by atoms with Crippen molar-refractivity contribution in [2.24, 2.45) is 11.3 Å². The molecule has 0 bridgehead atoms. The molecule has 6 nitrogen and oxygen atoms in total. The maximum Gasteiger partial charge on any atom is 0.312 e. The van der Waals surface area contributed by atoms with Crippen molar-refractivity contribution in [2.45, 2.75) is 13.5 Å². The molecule has 3 rings (SSSR count). The summed E-state index contributed by atoms with van der Waals surface area (Å²) in [5, 5.41) is 10.5. The number of hydrogen-bond acceptors (Lipinski definition) is 5. The molecule has 2 fully saturated rings. The lowest BCUT2D eigenvalue weighted by Gasteiger charge is -2.25. The van der Waals surface area contributed by atoms with Gasteiger partial charge in [-0.3, -0.25) is 14.6 Å². The Hall–Kier alpha value is -1.76. The van der Waals surface area contributed by atoms with Gasteiger partial charge in [-0.1, -0.05) is 17.7 Å². The van der Waals surface area contributed by atoms with Gasteiger partial charge in [0.25, 0.3) is 0 Å². The van der Waals surface area contributed by atoms with E-state index in [1.807, 2.05) is 19.1 Å². The molecule has 0 amide bonds. The monoisotopic (exact) mass is 394 g/mol. The van der Waals surface area contributed by atoms with Gasteiger partial charge in [0.05, 0.1) is 19.1 Å². The molecule has 0 saturated carbocycles. The number of likely N-dealkylation sites (tertiary alicyclic amines) is 2. The molecular formula is C20H27ClN2O4. The van der Waals surface area contributed by atoms with Gasteiger partial charge in [-0.05, 0) is 18.6 Å². The van der Waals surface area contributed by atoms with Crippen molar-refractivity contribution in [3.8, 4) is 11.5 Å². The molecular weight excluding hydrogens is 368 g/mol. The van der Waals surface area contributed by atoms with E-state index in [9.17, 15) is 9.90 Å². The molecule has 148 valence electrons. The number of hydrogen-bond donors (Lipinski definition) is 1. The first-order chi connectivity index (χ1) is 12.9. The molecule has 0 spiro atoms. The fourth-order valence-corrected chi connectivity index (χ4v) is 4.60.